The maximum absolute atomic E-state index is 11.8. The molecule has 2 saturated heterocycles. The molecular formula is C13H17N5O2. The molecule has 0 bridgehead atoms. The molecule has 1 aromatic heterocycles. The summed E-state index contributed by atoms with van der Waals surface area (Å²) < 4.78 is 0. The Morgan fingerprint density at radius 2 is 1.95 bits per heavy atom. The van der Waals surface area contributed by atoms with Crippen LogP contribution in [0, 0.1) is 0 Å². The summed E-state index contributed by atoms with van der Waals surface area (Å²) in [4.78, 5) is 31.2. The molecule has 0 aliphatic carbocycles. The lowest BCUT2D eigenvalue weighted by Crippen LogP contribution is -2.49. The summed E-state index contributed by atoms with van der Waals surface area (Å²) in [6, 6.07) is 3.33. The number of imide groups is 1. The molecule has 1 aromatic rings. The zero-order chi connectivity index (χ0) is 13.9. The number of piperazine rings is 1. The van der Waals surface area contributed by atoms with Crippen LogP contribution < -0.4 is 20.4 Å². The van der Waals surface area contributed by atoms with Gasteiger partial charge in [0.05, 0.1) is 5.69 Å². The third kappa shape index (κ3) is 2.57. The Morgan fingerprint density at radius 3 is 2.70 bits per heavy atom. The second-order valence-electron chi connectivity index (χ2n) is 4.86. The largest absolute Gasteiger partial charge is 0.354 e. The molecule has 0 spiro atoms. The topological polar surface area (TPSA) is 77.6 Å². The monoisotopic (exact) mass is 275 g/mol. The highest BCUT2D eigenvalue weighted by atomic mass is 16.2. The molecule has 2 N–H and O–H groups in total. The van der Waals surface area contributed by atoms with Crippen molar-refractivity contribution in [1.29, 1.82) is 0 Å². The highest BCUT2D eigenvalue weighted by Gasteiger charge is 2.24. The van der Waals surface area contributed by atoms with E-state index in [-0.39, 0.29) is 11.9 Å². The lowest BCUT2D eigenvalue weighted by atomic mass is 10.2. The number of carbonyl (C=O) groups is 2. The van der Waals surface area contributed by atoms with Crippen LogP contribution in [0.1, 0.15) is 6.42 Å². The van der Waals surface area contributed by atoms with Gasteiger partial charge in [0.15, 0.2) is 0 Å². The van der Waals surface area contributed by atoms with Crippen molar-refractivity contribution in [3.05, 3.63) is 18.3 Å². The highest BCUT2D eigenvalue weighted by Crippen LogP contribution is 2.22. The van der Waals surface area contributed by atoms with E-state index in [2.05, 4.69) is 20.5 Å². The molecule has 0 aromatic carbocycles. The van der Waals surface area contributed by atoms with Crippen molar-refractivity contribution in [2.45, 2.75) is 6.42 Å². The maximum Gasteiger partial charge on any atom is 0.328 e. The van der Waals surface area contributed by atoms with E-state index in [9.17, 15) is 9.59 Å². The van der Waals surface area contributed by atoms with Gasteiger partial charge < -0.3 is 10.2 Å². The standard InChI is InChI=1S/C13H17N5O2/c19-12-2-6-18(13(20)16-12)10-1-3-15-11(9-10)17-7-4-14-5-8-17/h1,3,9,14H,2,4-8H2,(H,16,19,20). The second-order valence-corrected chi connectivity index (χ2v) is 4.86. The minimum absolute atomic E-state index is 0.220. The Labute approximate surface area is 117 Å². The minimum Gasteiger partial charge on any atom is -0.354 e. The van der Waals surface area contributed by atoms with Crippen molar-refractivity contribution in [1.82, 2.24) is 15.6 Å². The van der Waals surface area contributed by atoms with Crippen LogP contribution in [-0.2, 0) is 4.79 Å². The van der Waals surface area contributed by atoms with Crippen LogP contribution in [-0.4, -0.2) is 49.6 Å². The van der Waals surface area contributed by atoms with E-state index < -0.39 is 0 Å². The van der Waals surface area contributed by atoms with Gasteiger partial charge in [0.1, 0.15) is 5.82 Å². The van der Waals surface area contributed by atoms with Crippen molar-refractivity contribution in [2.75, 3.05) is 42.5 Å². The number of pyridine rings is 1. The molecule has 20 heavy (non-hydrogen) atoms. The first-order valence-corrected chi connectivity index (χ1v) is 6.77. The fraction of sp³-hybridized carbons (Fsp3) is 0.462. The van der Waals surface area contributed by atoms with Crippen molar-refractivity contribution >= 4 is 23.4 Å². The third-order valence-electron chi connectivity index (χ3n) is 3.54. The summed E-state index contributed by atoms with van der Waals surface area (Å²) >= 11 is 0. The molecule has 3 rings (SSSR count). The molecule has 3 heterocycles. The summed E-state index contributed by atoms with van der Waals surface area (Å²) in [5.41, 5.74) is 0.776. The van der Waals surface area contributed by atoms with Crippen molar-refractivity contribution in [3.8, 4) is 0 Å². The molecule has 2 aliphatic rings. The van der Waals surface area contributed by atoms with Crippen LogP contribution in [0.4, 0.5) is 16.3 Å². The normalized spacial score (nSPS) is 20.0. The number of nitrogens with zero attached hydrogens (tertiary/aromatic N) is 3. The number of nitrogens with one attached hydrogen (secondary N) is 2. The number of rotatable bonds is 2. The van der Waals surface area contributed by atoms with E-state index >= 15 is 0 Å². The summed E-state index contributed by atoms with van der Waals surface area (Å²) in [5, 5.41) is 5.62. The van der Waals surface area contributed by atoms with Gasteiger partial charge in [-0.2, -0.15) is 0 Å². The minimum atomic E-state index is -0.362. The first kappa shape index (κ1) is 12.9. The molecule has 0 saturated carbocycles. The molecule has 0 unspecified atom stereocenters. The van der Waals surface area contributed by atoms with E-state index in [1.54, 1.807) is 17.2 Å². The number of urea groups is 1. The number of hydrogen-bond donors (Lipinski definition) is 2. The van der Waals surface area contributed by atoms with Gasteiger partial charge in [-0.05, 0) is 6.07 Å². The first-order valence-electron chi connectivity index (χ1n) is 6.77. The van der Waals surface area contributed by atoms with Gasteiger partial charge in [-0.3, -0.25) is 15.0 Å². The van der Waals surface area contributed by atoms with Crippen LogP contribution in [0.25, 0.3) is 0 Å². The van der Waals surface area contributed by atoms with Crippen molar-refractivity contribution < 1.29 is 9.59 Å². The summed E-state index contributed by atoms with van der Waals surface area (Å²) in [5.74, 6) is 0.649. The Morgan fingerprint density at radius 1 is 1.15 bits per heavy atom. The van der Waals surface area contributed by atoms with Crippen LogP contribution >= 0.6 is 0 Å². The van der Waals surface area contributed by atoms with Gasteiger partial charge in [-0.15, -0.1) is 0 Å². The fourth-order valence-corrected chi connectivity index (χ4v) is 2.45. The molecule has 7 nitrogen and oxygen atoms in total. The van der Waals surface area contributed by atoms with Gasteiger partial charge in [-0.25, -0.2) is 9.78 Å². The van der Waals surface area contributed by atoms with Gasteiger partial charge >= 0.3 is 6.03 Å². The Kier molecular flexibility index (Phi) is 3.51. The first-order chi connectivity index (χ1) is 9.74. The summed E-state index contributed by atoms with van der Waals surface area (Å²) in [6.07, 6.45) is 2.04. The Bertz CT molecular complexity index is 527. The van der Waals surface area contributed by atoms with E-state index in [1.807, 2.05) is 6.07 Å². The molecule has 2 fully saturated rings. The molecular weight excluding hydrogens is 258 g/mol. The molecule has 2 aliphatic heterocycles. The van der Waals surface area contributed by atoms with E-state index in [0.29, 0.717) is 13.0 Å². The number of carbonyl (C=O) groups excluding carboxylic acids is 2. The predicted octanol–water partition coefficient (Wildman–Crippen LogP) is -0.0625. The van der Waals surface area contributed by atoms with Crippen LogP contribution in [0.3, 0.4) is 0 Å². The van der Waals surface area contributed by atoms with Crippen LogP contribution in [0.2, 0.25) is 0 Å². The average Bonchev–Trinajstić information content (AvgIpc) is 2.48. The van der Waals surface area contributed by atoms with Gasteiger partial charge in [0, 0.05) is 51.4 Å². The lowest BCUT2D eigenvalue weighted by molar-refractivity contribution is -0.120. The SMILES string of the molecule is O=C1CCN(c2ccnc(N3CCNCC3)c2)C(=O)N1. The van der Waals surface area contributed by atoms with E-state index in [0.717, 1.165) is 37.7 Å². The maximum atomic E-state index is 11.8. The second kappa shape index (κ2) is 5.46. The number of amides is 3. The quantitative estimate of drug-likeness (QED) is 0.790. The summed E-state index contributed by atoms with van der Waals surface area (Å²) in [6.45, 7) is 4.09. The highest BCUT2D eigenvalue weighted by molar-refractivity contribution is 6.05. The number of anilines is 2. The third-order valence-corrected chi connectivity index (χ3v) is 3.54. The van der Waals surface area contributed by atoms with Crippen molar-refractivity contribution in [2.24, 2.45) is 0 Å². The Hall–Kier alpha value is -2.15. The van der Waals surface area contributed by atoms with Crippen molar-refractivity contribution in [3.63, 3.8) is 0 Å². The smallest absolute Gasteiger partial charge is 0.328 e. The molecule has 7 heteroatoms. The number of hydrogen-bond acceptors (Lipinski definition) is 5. The zero-order valence-corrected chi connectivity index (χ0v) is 11.1. The molecule has 0 radical (unpaired) electrons. The zero-order valence-electron chi connectivity index (χ0n) is 11.1. The number of aromatic nitrogens is 1. The molecule has 106 valence electrons. The molecule has 0 atom stereocenters. The van der Waals surface area contributed by atoms with Gasteiger partial charge in [-0.1, -0.05) is 0 Å². The fourth-order valence-electron chi connectivity index (χ4n) is 2.45. The van der Waals surface area contributed by atoms with Gasteiger partial charge in [0.2, 0.25) is 5.91 Å². The predicted molar refractivity (Wildman–Crippen MR) is 74.8 cm³/mol. The van der Waals surface area contributed by atoms with Crippen LogP contribution in [0.15, 0.2) is 18.3 Å². The lowest BCUT2D eigenvalue weighted by Gasteiger charge is -2.30. The van der Waals surface area contributed by atoms with Crippen LogP contribution in [0.5, 0.6) is 0 Å². The van der Waals surface area contributed by atoms with E-state index in [4.69, 9.17) is 0 Å². The van der Waals surface area contributed by atoms with E-state index in [1.165, 1.54) is 0 Å². The molecule has 3 amide bonds. The Balaban J connectivity index is 1.80. The summed E-state index contributed by atoms with van der Waals surface area (Å²) in [7, 11) is 0. The average molecular weight is 275 g/mol. The van der Waals surface area contributed by atoms with Gasteiger partial charge in [0.25, 0.3) is 0 Å².